The van der Waals surface area contributed by atoms with Gasteiger partial charge in [0.1, 0.15) is 5.82 Å². The number of benzene rings is 3. The van der Waals surface area contributed by atoms with Crippen molar-refractivity contribution < 1.29 is 9.59 Å². The fourth-order valence-electron chi connectivity index (χ4n) is 5.16. The highest BCUT2D eigenvalue weighted by Crippen LogP contribution is 2.20. The van der Waals surface area contributed by atoms with Gasteiger partial charge >= 0.3 is 0 Å². The van der Waals surface area contributed by atoms with Gasteiger partial charge in [-0.1, -0.05) is 42.5 Å². The summed E-state index contributed by atoms with van der Waals surface area (Å²) in [6.45, 7) is 3.57. The second-order valence-electron chi connectivity index (χ2n) is 9.93. The zero-order chi connectivity index (χ0) is 26.9. The predicted octanol–water partition coefficient (Wildman–Crippen LogP) is 4.19. The van der Waals surface area contributed by atoms with Gasteiger partial charge in [0.15, 0.2) is 5.82 Å². The lowest BCUT2D eigenvalue weighted by molar-refractivity contribution is 0.0952. The number of aromatic amines is 2. The maximum absolute atomic E-state index is 12.9. The molecule has 196 valence electrons. The molecule has 4 N–H and O–H groups in total. The molecule has 3 aromatic carbocycles. The highest BCUT2D eigenvalue weighted by molar-refractivity contribution is 5.98. The SMILES string of the molecule is CC(=N)N1CCc2nc(C(=O)Cc3nc4ccc(C(=O)NCCc5cccc6ccccc56)cc4[nH]3)[nH]c2C1. The van der Waals surface area contributed by atoms with E-state index in [2.05, 4.69) is 49.5 Å². The van der Waals surface area contributed by atoms with Crippen LogP contribution in [0.15, 0.2) is 60.7 Å². The minimum atomic E-state index is -0.159. The maximum atomic E-state index is 12.9. The van der Waals surface area contributed by atoms with E-state index in [-0.39, 0.29) is 18.1 Å². The molecule has 1 aliphatic rings. The fraction of sp³-hybridized carbons (Fsp3) is 0.233. The number of hydrogen-bond acceptors (Lipinski definition) is 5. The van der Waals surface area contributed by atoms with Gasteiger partial charge in [0.2, 0.25) is 5.78 Å². The summed E-state index contributed by atoms with van der Waals surface area (Å²) in [7, 11) is 0. The molecule has 1 aliphatic heterocycles. The largest absolute Gasteiger partial charge is 0.355 e. The third kappa shape index (κ3) is 5.03. The van der Waals surface area contributed by atoms with Crippen LogP contribution in [0.25, 0.3) is 21.8 Å². The number of Topliss-reactive ketones (excluding diaryl/α,β-unsaturated/α-hetero) is 1. The third-order valence-electron chi connectivity index (χ3n) is 7.25. The first-order valence-corrected chi connectivity index (χ1v) is 13.1. The van der Waals surface area contributed by atoms with Crippen LogP contribution < -0.4 is 5.32 Å². The molecule has 2 aromatic heterocycles. The number of H-pyrrole nitrogens is 2. The lowest BCUT2D eigenvalue weighted by atomic mass is 10.0. The van der Waals surface area contributed by atoms with E-state index in [1.54, 1.807) is 25.1 Å². The zero-order valence-corrected chi connectivity index (χ0v) is 21.7. The molecular formula is C30H29N7O2. The van der Waals surface area contributed by atoms with Crippen molar-refractivity contribution in [1.29, 1.82) is 5.41 Å². The average Bonchev–Trinajstić information content (AvgIpc) is 3.56. The predicted molar refractivity (Wildman–Crippen MR) is 150 cm³/mol. The van der Waals surface area contributed by atoms with E-state index in [9.17, 15) is 9.59 Å². The minimum absolute atomic E-state index is 0.0704. The number of nitrogens with one attached hydrogen (secondary N) is 4. The van der Waals surface area contributed by atoms with Crippen LogP contribution in [0.5, 0.6) is 0 Å². The van der Waals surface area contributed by atoms with E-state index in [1.165, 1.54) is 16.3 Å². The molecule has 9 nitrogen and oxygen atoms in total. The lowest BCUT2D eigenvalue weighted by Crippen LogP contribution is -2.33. The molecule has 0 fully saturated rings. The number of nitrogens with zero attached hydrogens (tertiary/aromatic N) is 3. The number of rotatable bonds is 7. The van der Waals surface area contributed by atoms with E-state index in [0.717, 1.165) is 24.4 Å². The summed E-state index contributed by atoms with van der Waals surface area (Å²) in [4.78, 5) is 43.1. The van der Waals surface area contributed by atoms with Crippen molar-refractivity contribution in [1.82, 2.24) is 30.2 Å². The van der Waals surface area contributed by atoms with E-state index < -0.39 is 0 Å². The van der Waals surface area contributed by atoms with Gasteiger partial charge < -0.3 is 20.2 Å². The minimum Gasteiger partial charge on any atom is -0.355 e. The summed E-state index contributed by atoms with van der Waals surface area (Å²) in [6.07, 6.45) is 1.51. The van der Waals surface area contributed by atoms with Crippen molar-refractivity contribution in [2.75, 3.05) is 13.1 Å². The van der Waals surface area contributed by atoms with Crippen LogP contribution in [0.1, 0.15) is 50.7 Å². The van der Waals surface area contributed by atoms with Gasteiger partial charge in [0.05, 0.1) is 41.2 Å². The Balaban J connectivity index is 1.10. The van der Waals surface area contributed by atoms with Crippen LogP contribution in [0.3, 0.4) is 0 Å². The topological polar surface area (TPSA) is 131 Å². The smallest absolute Gasteiger partial charge is 0.251 e. The summed E-state index contributed by atoms with van der Waals surface area (Å²) in [6, 6.07) is 19.8. The van der Waals surface area contributed by atoms with Gasteiger partial charge in [0.25, 0.3) is 5.91 Å². The molecule has 39 heavy (non-hydrogen) atoms. The number of imidazole rings is 2. The van der Waals surface area contributed by atoms with Crippen LogP contribution >= 0.6 is 0 Å². The standard InChI is InChI=1S/C30H29N7O2/c1-18(31)37-14-12-24-26(17-37)36-29(35-24)27(38)16-28-33-23-10-9-21(15-25(23)34-28)30(39)32-13-11-20-7-4-6-19-5-2-3-8-22(19)20/h2-10,15,31H,11-14,16-17H2,1H3,(H,32,39)(H,33,34)(H,35,36). The maximum Gasteiger partial charge on any atom is 0.251 e. The summed E-state index contributed by atoms with van der Waals surface area (Å²) in [5.41, 5.74) is 4.91. The van der Waals surface area contributed by atoms with Crippen LogP contribution in [0.4, 0.5) is 0 Å². The van der Waals surface area contributed by atoms with E-state index >= 15 is 0 Å². The number of amides is 1. The first-order valence-electron chi connectivity index (χ1n) is 13.1. The summed E-state index contributed by atoms with van der Waals surface area (Å²) < 4.78 is 0. The molecule has 0 aliphatic carbocycles. The molecule has 5 aromatic rings. The van der Waals surface area contributed by atoms with Crippen LogP contribution in [-0.4, -0.2) is 55.5 Å². The van der Waals surface area contributed by atoms with Crippen molar-refractivity contribution in [3.63, 3.8) is 0 Å². The van der Waals surface area contributed by atoms with Gasteiger partial charge in [-0.2, -0.15) is 0 Å². The number of ketones is 1. The molecule has 9 heteroatoms. The first kappa shape index (κ1) is 24.5. The monoisotopic (exact) mass is 519 g/mol. The summed E-state index contributed by atoms with van der Waals surface area (Å²) in [5, 5.41) is 13.3. The van der Waals surface area contributed by atoms with E-state index in [4.69, 9.17) is 5.41 Å². The van der Waals surface area contributed by atoms with Crippen LogP contribution in [-0.2, 0) is 25.8 Å². The van der Waals surface area contributed by atoms with Gasteiger partial charge in [-0.25, -0.2) is 9.97 Å². The van der Waals surface area contributed by atoms with Gasteiger partial charge in [-0.05, 0) is 47.9 Å². The van der Waals surface area contributed by atoms with E-state index in [1.807, 2.05) is 23.1 Å². The quantitative estimate of drug-likeness (QED) is 0.145. The molecule has 1 amide bonds. The highest BCUT2D eigenvalue weighted by Gasteiger charge is 2.23. The zero-order valence-electron chi connectivity index (χ0n) is 21.7. The first-order chi connectivity index (χ1) is 18.9. The normalized spacial score (nSPS) is 13.0. The summed E-state index contributed by atoms with van der Waals surface area (Å²) >= 11 is 0. The van der Waals surface area contributed by atoms with Crippen molar-refractivity contribution >= 4 is 39.3 Å². The van der Waals surface area contributed by atoms with Gasteiger partial charge in [0, 0.05) is 25.1 Å². The number of carbonyl (C=O) groups excluding carboxylic acids is 2. The molecular weight excluding hydrogens is 490 g/mol. The van der Waals surface area contributed by atoms with Gasteiger partial charge in [-0.15, -0.1) is 0 Å². The number of amidine groups is 1. The molecule has 0 bridgehead atoms. The molecule has 0 atom stereocenters. The molecule has 0 saturated carbocycles. The lowest BCUT2D eigenvalue weighted by Gasteiger charge is -2.26. The van der Waals surface area contributed by atoms with Crippen molar-refractivity contribution in [2.45, 2.75) is 32.7 Å². The van der Waals surface area contributed by atoms with Crippen molar-refractivity contribution in [2.24, 2.45) is 0 Å². The molecule has 0 spiro atoms. The Morgan fingerprint density at radius 2 is 1.90 bits per heavy atom. The van der Waals surface area contributed by atoms with Crippen molar-refractivity contribution in [3.05, 3.63) is 94.8 Å². The van der Waals surface area contributed by atoms with Crippen molar-refractivity contribution in [3.8, 4) is 0 Å². The molecule has 0 saturated heterocycles. The second kappa shape index (κ2) is 10.2. The number of carbonyl (C=O) groups is 2. The fourth-order valence-corrected chi connectivity index (χ4v) is 5.16. The Hall–Kier alpha value is -4.79. The Morgan fingerprint density at radius 1 is 1.05 bits per heavy atom. The Bertz CT molecular complexity index is 1730. The highest BCUT2D eigenvalue weighted by atomic mass is 16.1. The molecule has 0 unspecified atom stereocenters. The summed E-state index contributed by atoms with van der Waals surface area (Å²) in [5.74, 6) is 1.03. The van der Waals surface area contributed by atoms with Crippen LogP contribution in [0, 0.1) is 5.41 Å². The number of aromatic nitrogens is 4. The second-order valence-corrected chi connectivity index (χ2v) is 9.93. The molecule has 0 radical (unpaired) electrons. The Morgan fingerprint density at radius 3 is 2.77 bits per heavy atom. The average molecular weight is 520 g/mol. The Kier molecular flexibility index (Phi) is 6.40. The number of hydrogen-bond donors (Lipinski definition) is 4. The molecule has 3 heterocycles. The van der Waals surface area contributed by atoms with Crippen LogP contribution in [0.2, 0.25) is 0 Å². The Labute approximate surface area is 225 Å². The number of fused-ring (bicyclic) bond motifs is 3. The van der Waals surface area contributed by atoms with Gasteiger partial charge in [-0.3, -0.25) is 15.0 Å². The third-order valence-corrected chi connectivity index (χ3v) is 7.25. The molecule has 6 rings (SSSR count). The van der Waals surface area contributed by atoms with E-state index in [0.29, 0.717) is 53.6 Å².